The lowest BCUT2D eigenvalue weighted by molar-refractivity contribution is 0.515. The van der Waals surface area contributed by atoms with Crippen LogP contribution in [0.1, 0.15) is 39.5 Å². The van der Waals surface area contributed by atoms with Crippen LogP contribution in [0.5, 0.6) is 0 Å². The summed E-state index contributed by atoms with van der Waals surface area (Å²) in [7, 11) is 0. The van der Waals surface area contributed by atoms with Crippen molar-refractivity contribution in [2.75, 3.05) is 0 Å². The molecule has 2 rings (SSSR count). The third-order valence-corrected chi connectivity index (χ3v) is 3.92. The number of hydrogen-bond donors (Lipinski definition) is 0. The van der Waals surface area contributed by atoms with E-state index in [2.05, 4.69) is 26.5 Å². The zero-order valence-corrected chi connectivity index (χ0v) is 8.84. The van der Waals surface area contributed by atoms with Gasteiger partial charge in [-0.3, -0.25) is 0 Å². The number of rotatable bonds is 0. The summed E-state index contributed by atoms with van der Waals surface area (Å²) >= 11 is 0. The summed E-state index contributed by atoms with van der Waals surface area (Å²) in [6.07, 6.45) is 7.95. The average Bonchev–Trinajstić information content (AvgIpc) is 2.48. The zero-order chi connectivity index (χ0) is 9.42. The topological polar surface area (TPSA) is 0 Å². The molecule has 0 heterocycles. The Kier molecular flexibility index (Phi) is 2.31. The van der Waals surface area contributed by atoms with Crippen LogP contribution in [0.3, 0.4) is 0 Å². The molecular formula is C13H20. The quantitative estimate of drug-likeness (QED) is 0.490. The summed E-state index contributed by atoms with van der Waals surface area (Å²) in [6.45, 7) is 8.89. The summed E-state index contributed by atoms with van der Waals surface area (Å²) in [5.41, 5.74) is 3.11. The average molecular weight is 176 g/mol. The third-order valence-electron chi connectivity index (χ3n) is 3.92. The molecule has 1 fully saturated rings. The van der Waals surface area contributed by atoms with Gasteiger partial charge in [-0.05, 0) is 43.9 Å². The van der Waals surface area contributed by atoms with Crippen molar-refractivity contribution in [2.24, 2.45) is 17.8 Å². The smallest absolute Gasteiger partial charge is 0.0143 e. The van der Waals surface area contributed by atoms with Gasteiger partial charge < -0.3 is 0 Å². The van der Waals surface area contributed by atoms with E-state index in [1.807, 2.05) is 0 Å². The fraction of sp³-hybridized carbons (Fsp3) is 0.692. The molecule has 1 unspecified atom stereocenters. The maximum atomic E-state index is 4.27. The standard InChI is InChI=1S/C13H20/c1-9-7-11(3)13-6-4-5-12(13)8-10(9)2/h8-9,12-13H,3-7H2,1-2H3/t9?,12-,13+/m1/s1. The maximum Gasteiger partial charge on any atom is -0.0143 e. The molecule has 72 valence electrons. The van der Waals surface area contributed by atoms with Crippen LogP contribution in [-0.2, 0) is 0 Å². The van der Waals surface area contributed by atoms with Gasteiger partial charge in [-0.25, -0.2) is 0 Å². The van der Waals surface area contributed by atoms with Crippen LogP contribution in [-0.4, -0.2) is 0 Å². The Morgan fingerprint density at radius 3 is 2.92 bits per heavy atom. The molecule has 0 aliphatic heterocycles. The van der Waals surface area contributed by atoms with Crippen LogP contribution in [0.2, 0.25) is 0 Å². The van der Waals surface area contributed by atoms with Gasteiger partial charge in [-0.2, -0.15) is 0 Å². The molecule has 2 aliphatic carbocycles. The van der Waals surface area contributed by atoms with Crippen LogP contribution in [0.4, 0.5) is 0 Å². The van der Waals surface area contributed by atoms with Crippen molar-refractivity contribution in [1.82, 2.24) is 0 Å². The summed E-state index contributed by atoms with van der Waals surface area (Å²) in [6, 6.07) is 0. The van der Waals surface area contributed by atoms with E-state index in [0.29, 0.717) is 0 Å². The van der Waals surface area contributed by atoms with Gasteiger partial charge in [0.1, 0.15) is 0 Å². The second-order valence-corrected chi connectivity index (χ2v) is 4.88. The van der Waals surface area contributed by atoms with E-state index in [-0.39, 0.29) is 0 Å². The predicted octanol–water partition coefficient (Wildman–Crippen LogP) is 3.95. The molecule has 0 bridgehead atoms. The lowest BCUT2D eigenvalue weighted by atomic mass is 9.88. The first-order chi connectivity index (χ1) is 6.18. The van der Waals surface area contributed by atoms with E-state index in [9.17, 15) is 0 Å². The van der Waals surface area contributed by atoms with Crippen LogP contribution in [0, 0.1) is 17.8 Å². The molecule has 0 nitrogen and oxygen atoms in total. The lowest BCUT2D eigenvalue weighted by Gasteiger charge is -2.16. The minimum absolute atomic E-state index is 0.734. The molecule has 3 atom stereocenters. The molecule has 0 N–H and O–H groups in total. The Morgan fingerprint density at radius 2 is 2.15 bits per heavy atom. The second-order valence-electron chi connectivity index (χ2n) is 4.88. The van der Waals surface area contributed by atoms with Crippen LogP contribution >= 0.6 is 0 Å². The van der Waals surface area contributed by atoms with Crippen molar-refractivity contribution in [2.45, 2.75) is 39.5 Å². The van der Waals surface area contributed by atoms with Gasteiger partial charge in [0.2, 0.25) is 0 Å². The van der Waals surface area contributed by atoms with Crippen LogP contribution in [0.25, 0.3) is 0 Å². The Morgan fingerprint density at radius 1 is 1.38 bits per heavy atom. The van der Waals surface area contributed by atoms with Gasteiger partial charge in [0.05, 0.1) is 0 Å². The highest BCUT2D eigenvalue weighted by Gasteiger charge is 2.30. The minimum atomic E-state index is 0.734. The highest BCUT2D eigenvalue weighted by atomic mass is 14.4. The Bertz CT molecular complexity index is 247. The first-order valence-electron chi connectivity index (χ1n) is 5.54. The van der Waals surface area contributed by atoms with Crippen molar-refractivity contribution < 1.29 is 0 Å². The van der Waals surface area contributed by atoms with Gasteiger partial charge in [-0.15, -0.1) is 0 Å². The first kappa shape index (κ1) is 9.05. The number of fused-ring (bicyclic) bond motifs is 1. The van der Waals surface area contributed by atoms with E-state index in [0.717, 1.165) is 17.8 Å². The zero-order valence-electron chi connectivity index (χ0n) is 8.84. The van der Waals surface area contributed by atoms with Crippen molar-refractivity contribution >= 4 is 0 Å². The first-order valence-corrected chi connectivity index (χ1v) is 5.54. The summed E-state index contributed by atoms with van der Waals surface area (Å²) in [5, 5.41) is 0. The molecule has 0 radical (unpaired) electrons. The molecule has 1 saturated carbocycles. The predicted molar refractivity (Wildman–Crippen MR) is 57.5 cm³/mol. The van der Waals surface area contributed by atoms with E-state index < -0.39 is 0 Å². The second kappa shape index (κ2) is 3.32. The Labute approximate surface area is 81.7 Å². The molecule has 0 aromatic heterocycles. The molecule has 0 aromatic carbocycles. The van der Waals surface area contributed by atoms with E-state index >= 15 is 0 Å². The van der Waals surface area contributed by atoms with E-state index in [1.165, 1.54) is 31.3 Å². The minimum Gasteiger partial charge on any atom is -0.0995 e. The molecular weight excluding hydrogens is 156 g/mol. The molecule has 0 heteroatoms. The highest BCUT2D eigenvalue weighted by molar-refractivity contribution is 5.20. The number of allylic oxidation sites excluding steroid dienone is 3. The maximum absolute atomic E-state index is 4.27. The van der Waals surface area contributed by atoms with Crippen molar-refractivity contribution in [1.29, 1.82) is 0 Å². The Hall–Kier alpha value is -0.520. The van der Waals surface area contributed by atoms with E-state index in [4.69, 9.17) is 0 Å². The SMILES string of the molecule is C=C1CC(C)C(C)=C[C@H]2CCC[C@@H]12. The molecule has 0 saturated heterocycles. The van der Waals surface area contributed by atoms with Gasteiger partial charge in [0.15, 0.2) is 0 Å². The molecule has 0 spiro atoms. The number of hydrogen-bond acceptors (Lipinski definition) is 0. The van der Waals surface area contributed by atoms with Crippen molar-refractivity contribution in [3.63, 3.8) is 0 Å². The van der Waals surface area contributed by atoms with Gasteiger partial charge in [0, 0.05) is 0 Å². The van der Waals surface area contributed by atoms with E-state index in [1.54, 1.807) is 5.57 Å². The monoisotopic (exact) mass is 176 g/mol. The van der Waals surface area contributed by atoms with Gasteiger partial charge in [-0.1, -0.05) is 37.1 Å². The molecule has 13 heavy (non-hydrogen) atoms. The third kappa shape index (κ3) is 1.59. The van der Waals surface area contributed by atoms with Crippen molar-refractivity contribution in [3.8, 4) is 0 Å². The highest BCUT2D eigenvalue weighted by Crippen LogP contribution is 2.43. The summed E-state index contributed by atoms with van der Waals surface area (Å²) < 4.78 is 0. The fourth-order valence-corrected chi connectivity index (χ4v) is 2.90. The normalized spacial score (nSPS) is 39.7. The molecule has 0 aromatic rings. The fourth-order valence-electron chi connectivity index (χ4n) is 2.90. The molecule has 2 aliphatic rings. The van der Waals surface area contributed by atoms with Gasteiger partial charge >= 0.3 is 0 Å². The lowest BCUT2D eigenvalue weighted by Crippen LogP contribution is -2.06. The van der Waals surface area contributed by atoms with Crippen LogP contribution < -0.4 is 0 Å². The van der Waals surface area contributed by atoms with Crippen LogP contribution in [0.15, 0.2) is 23.8 Å². The summed E-state index contributed by atoms with van der Waals surface area (Å²) in [4.78, 5) is 0. The van der Waals surface area contributed by atoms with Crippen molar-refractivity contribution in [3.05, 3.63) is 23.8 Å². The largest absolute Gasteiger partial charge is 0.0995 e. The van der Waals surface area contributed by atoms with Gasteiger partial charge in [0.25, 0.3) is 0 Å². The Balaban J connectivity index is 2.26. The summed E-state index contributed by atoms with van der Waals surface area (Å²) in [5.74, 6) is 2.38. The molecule has 0 amide bonds.